The van der Waals surface area contributed by atoms with Crippen LogP contribution in [0.25, 0.3) is 0 Å². The van der Waals surface area contributed by atoms with Crippen LogP contribution in [0.3, 0.4) is 0 Å². The third-order valence-electron chi connectivity index (χ3n) is 2.67. The van der Waals surface area contributed by atoms with Crippen LogP contribution < -0.4 is 0 Å². The number of hydrogen-bond donors (Lipinski definition) is 0. The zero-order valence-electron chi connectivity index (χ0n) is 11.4. The molecule has 0 nitrogen and oxygen atoms in total. The van der Waals surface area contributed by atoms with Gasteiger partial charge in [-0.25, -0.2) is 0 Å². The van der Waals surface area contributed by atoms with Crippen LogP contribution in [0, 0.1) is 0 Å². The first-order valence-corrected chi connectivity index (χ1v) is 6.60. The van der Waals surface area contributed by atoms with Crippen molar-refractivity contribution in [1.29, 1.82) is 0 Å². The SMILES string of the molecule is C1=C\CC/C=C\CC/1.C1=C\CC/C=C\CC/1.Cl.[Ir].[Ir]. The Balaban J connectivity index is -0.000000233. The summed E-state index contributed by atoms with van der Waals surface area (Å²) in [4.78, 5) is 0. The number of allylic oxidation sites excluding steroid dienone is 8. The molecule has 0 saturated carbocycles. The van der Waals surface area contributed by atoms with Crippen molar-refractivity contribution >= 4 is 12.4 Å². The van der Waals surface area contributed by atoms with Crippen LogP contribution in [0.2, 0.25) is 0 Å². The maximum atomic E-state index is 2.27. The smallest absolute Gasteiger partial charge is 0 e. The first kappa shape index (κ1) is 24.6. The third kappa shape index (κ3) is 18.5. The van der Waals surface area contributed by atoms with E-state index in [-0.39, 0.29) is 52.6 Å². The number of halogens is 1. The molecule has 0 spiro atoms. The minimum absolute atomic E-state index is 0. The van der Waals surface area contributed by atoms with Crippen LogP contribution in [-0.2, 0) is 40.2 Å². The fraction of sp³-hybridized carbons (Fsp3) is 0.500. The van der Waals surface area contributed by atoms with E-state index in [2.05, 4.69) is 48.6 Å². The Morgan fingerprint density at radius 3 is 0.526 bits per heavy atom. The van der Waals surface area contributed by atoms with E-state index in [9.17, 15) is 0 Å². The molecule has 2 radical (unpaired) electrons. The second kappa shape index (κ2) is 20.9. The summed E-state index contributed by atoms with van der Waals surface area (Å²) >= 11 is 0. The molecule has 0 bridgehead atoms. The monoisotopic (exact) mass is 638 g/mol. The molecule has 0 heterocycles. The molecule has 3 heteroatoms. The summed E-state index contributed by atoms with van der Waals surface area (Å²) in [5, 5.41) is 0. The molecule has 0 fully saturated rings. The van der Waals surface area contributed by atoms with Gasteiger partial charge in [0.1, 0.15) is 0 Å². The fourth-order valence-electron chi connectivity index (χ4n) is 1.71. The van der Waals surface area contributed by atoms with E-state index in [0.29, 0.717) is 0 Å². The predicted octanol–water partition coefficient (Wildman–Crippen LogP) is 5.76. The Bertz CT molecular complexity index is 188. The summed E-state index contributed by atoms with van der Waals surface area (Å²) in [7, 11) is 0. The topological polar surface area (TPSA) is 0 Å². The van der Waals surface area contributed by atoms with Crippen molar-refractivity contribution in [2.75, 3.05) is 0 Å². The molecule has 2 rings (SSSR count). The maximum absolute atomic E-state index is 2.27. The van der Waals surface area contributed by atoms with Crippen molar-refractivity contribution in [3.05, 3.63) is 48.6 Å². The molecule has 2 aliphatic rings. The van der Waals surface area contributed by atoms with Gasteiger partial charge in [-0.1, -0.05) is 48.6 Å². The van der Waals surface area contributed by atoms with Crippen molar-refractivity contribution in [2.45, 2.75) is 51.4 Å². The van der Waals surface area contributed by atoms with Gasteiger partial charge in [0.05, 0.1) is 0 Å². The van der Waals surface area contributed by atoms with Gasteiger partial charge in [0.2, 0.25) is 0 Å². The van der Waals surface area contributed by atoms with Gasteiger partial charge in [-0.15, -0.1) is 12.4 Å². The second-order valence-electron chi connectivity index (χ2n) is 4.20. The summed E-state index contributed by atoms with van der Waals surface area (Å²) in [6.07, 6.45) is 28.0. The molecule has 19 heavy (non-hydrogen) atoms. The van der Waals surface area contributed by atoms with Crippen molar-refractivity contribution < 1.29 is 40.2 Å². The van der Waals surface area contributed by atoms with Crippen LogP contribution in [0.15, 0.2) is 48.6 Å². The molecule has 0 saturated heterocycles. The van der Waals surface area contributed by atoms with E-state index in [0.717, 1.165) is 0 Å². The van der Waals surface area contributed by atoms with E-state index < -0.39 is 0 Å². The van der Waals surface area contributed by atoms with Gasteiger partial charge in [0.15, 0.2) is 0 Å². The molecule has 2 aliphatic carbocycles. The van der Waals surface area contributed by atoms with Gasteiger partial charge < -0.3 is 0 Å². The van der Waals surface area contributed by atoms with E-state index in [1.54, 1.807) is 0 Å². The Morgan fingerprint density at radius 1 is 0.316 bits per heavy atom. The fourth-order valence-corrected chi connectivity index (χ4v) is 1.71. The number of rotatable bonds is 0. The predicted molar refractivity (Wildman–Crippen MR) is 80.7 cm³/mol. The van der Waals surface area contributed by atoms with Crippen molar-refractivity contribution in [1.82, 2.24) is 0 Å². The average Bonchev–Trinajstić information content (AvgIpc) is 2.15. The second-order valence-corrected chi connectivity index (χ2v) is 4.20. The minimum Gasteiger partial charge on any atom is -0.147 e. The third-order valence-corrected chi connectivity index (χ3v) is 2.67. The molecule has 114 valence electrons. The first-order valence-electron chi connectivity index (χ1n) is 6.60. The minimum atomic E-state index is 0. The molecule has 0 aliphatic heterocycles. The molecule has 0 N–H and O–H groups in total. The summed E-state index contributed by atoms with van der Waals surface area (Å²) in [6, 6.07) is 0. The molecule has 0 aromatic carbocycles. The van der Waals surface area contributed by atoms with Crippen molar-refractivity contribution in [3.63, 3.8) is 0 Å². The molecular formula is C16H25ClIr2. The van der Waals surface area contributed by atoms with Crippen LogP contribution in [0.4, 0.5) is 0 Å². The van der Waals surface area contributed by atoms with Crippen LogP contribution in [0.1, 0.15) is 51.4 Å². The van der Waals surface area contributed by atoms with Crippen LogP contribution >= 0.6 is 12.4 Å². The van der Waals surface area contributed by atoms with E-state index in [4.69, 9.17) is 0 Å². The normalized spacial score (nSPS) is 23.6. The summed E-state index contributed by atoms with van der Waals surface area (Å²) in [6.45, 7) is 0. The molecule has 0 unspecified atom stereocenters. The number of hydrogen-bond acceptors (Lipinski definition) is 0. The summed E-state index contributed by atoms with van der Waals surface area (Å²) in [5.74, 6) is 0. The zero-order valence-corrected chi connectivity index (χ0v) is 17.0. The Labute approximate surface area is 152 Å². The maximum Gasteiger partial charge on any atom is 0 e. The molecule has 0 aromatic rings. The van der Waals surface area contributed by atoms with Crippen molar-refractivity contribution in [2.24, 2.45) is 0 Å². The van der Waals surface area contributed by atoms with Crippen LogP contribution in [0.5, 0.6) is 0 Å². The Morgan fingerprint density at radius 2 is 0.421 bits per heavy atom. The Hall–Kier alpha value is 0.549. The largest absolute Gasteiger partial charge is 0.147 e. The van der Waals surface area contributed by atoms with Crippen LogP contribution in [-0.4, -0.2) is 0 Å². The van der Waals surface area contributed by atoms with E-state index in [1.807, 2.05) is 0 Å². The first-order chi connectivity index (χ1) is 8.00. The average molecular weight is 637 g/mol. The quantitative estimate of drug-likeness (QED) is 0.297. The van der Waals surface area contributed by atoms with Gasteiger partial charge in [-0.3, -0.25) is 0 Å². The molecule has 0 aromatic heterocycles. The molecule has 0 atom stereocenters. The summed E-state index contributed by atoms with van der Waals surface area (Å²) < 4.78 is 0. The van der Waals surface area contributed by atoms with Gasteiger partial charge >= 0.3 is 0 Å². The van der Waals surface area contributed by atoms with Gasteiger partial charge in [0, 0.05) is 40.2 Å². The zero-order chi connectivity index (χ0) is 11.3. The Kier molecular flexibility index (Phi) is 27.0. The van der Waals surface area contributed by atoms with Gasteiger partial charge in [0.25, 0.3) is 0 Å². The van der Waals surface area contributed by atoms with Crippen molar-refractivity contribution in [3.8, 4) is 0 Å². The standard InChI is InChI=1S/2C8H12.ClH.2Ir/c2*1-2-4-6-8-7-5-3-1;;;/h2*1-2,7-8H,3-6H2;1H;;/b2*2-1-,8-7-;;;. The van der Waals surface area contributed by atoms with Gasteiger partial charge in [-0.05, 0) is 51.4 Å². The van der Waals surface area contributed by atoms with Gasteiger partial charge in [-0.2, -0.15) is 0 Å². The van der Waals surface area contributed by atoms with E-state index >= 15 is 0 Å². The summed E-state index contributed by atoms with van der Waals surface area (Å²) in [5.41, 5.74) is 0. The molecular weight excluding hydrogens is 612 g/mol. The molecule has 0 amide bonds. The van der Waals surface area contributed by atoms with E-state index in [1.165, 1.54) is 51.4 Å².